The number of nitrogens with zero attached hydrogens (tertiary/aromatic N) is 1. The zero-order valence-corrected chi connectivity index (χ0v) is 12.6. The summed E-state index contributed by atoms with van der Waals surface area (Å²) in [5.41, 5.74) is 1.48. The van der Waals surface area contributed by atoms with Crippen LogP contribution >= 0.6 is 0 Å². The quantitative estimate of drug-likeness (QED) is 0.609. The number of pyridine rings is 1. The zero-order chi connectivity index (χ0) is 16.7. The molecule has 1 saturated heterocycles. The van der Waals surface area contributed by atoms with E-state index in [1.807, 2.05) is 24.3 Å². The molecular weight excluding hydrogens is 319 g/mol. The predicted molar refractivity (Wildman–Crippen MR) is 83.9 cm³/mol. The van der Waals surface area contributed by atoms with Crippen LogP contribution in [0.2, 0.25) is 0 Å². The van der Waals surface area contributed by atoms with Crippen molar-refractivity contribution in [2.24, 2.45) is 0 Å². The predicted octanol–water partition coefficient (Wildman–Crippen LogP) is 5.14. The Balaban J connectivity index is 1.92. The highest BCUT2D eigenvalue weighted by Crippen LogP contribution is 2.36. The highest BCUT2D eigenvalue weighted by Gasteiger charge is 2.31. The molecule has 4 rings (SSSR count). The first-order chi connectivity index (χ1) is 11.5. The first-order valence-corrected chi connectivity index (χ1v) is 7.71. The van der Waals surface area contributed by atoms with Crippen LogP contribution < -0.4 is 4.74 Å². The van der Waals surface area contributed by atoms with Gasteiger partial charge < -0.3 is 9.47 Å². The van der Waals surface area contributed by atoms with E-state index in [1.165, 1.54) is 12.1 Å². The first kappa shape index (κ1) is 15.2. The number of fused-ring (bicyclic) bond motifs is 3. The molecule has 0 radical (unpaired) electrons. The molecule has 1 fully saturated rings. The van der Waals surface area contributed by atoms with Gasteiger partial charge in [0.2, 0.25) is 0 Å². The van der Waals surface area contributed by atoms with Gasteiger partial charge in [-0.3, -0.25) is 0 Å². The van der Waals surface area contributed by atoms with E-state index in [1.54, 1.807) is 6.07 Å². The summed E-state index contributed by atoms with van der Waals surface area (Å²) in [6, 6.07) is 11.8. The van der Waals surface area contributed by atoms with Gasteiger partial charge in [0.05, 0.1) is 11.2 Å². The summed E-state index contributed by atoms with van der Waals surface area (Å²) in [7, 11) is 0. The molecule has 1 unspecified atom stereocenters. The smallest absolute Gasteiger partial charge is 0.406 e. The number of halogens is 3. The van der Waals surface area contributed by atoms with Gasteiger partial charge in [-0.15, -0.1) is 13.2 Å². The van der Waals surface area contributed by atoms with Gasteiger partial charge in [-0.2, -0.15) is 0 Å². The summed E-state index contributed by atoms with van der Waals surface area (Å²) in [5, 5.41) is 2.38. The molecule has 0 N–H and O–H groups in total. The van der Waals surface area contributed by atoms with E-state index < -0.39 is 6.36 Å². The zero-order valence-electron chi connectivity index (χ0n) is 12.6. The van der Waals surface area contributed by atoms with Crippen molar-refractivity contribution in [1.82, 2.24) is 4.98 Å². The average Bonchev–Trinajstić information content (AvgIpc) is 3.07. The lowest BCUT2D eigenvalue weighted by Gasteiger charge is -2.15. The van der Waals surface area contributed by atoms with Gasteiger partial charge in [0.25, 0.3) is 0 Å². The molecule has 0 amide bonds. The molecule has 2 heterocycles. The largest absolute Gasteiger partial charge is 0.573 e. The van der Waals surface area contributed by atoms with E-state index in [2.05, 4.69) is 9.72 Å². The molecule has 0 aliphatic carbocycles. The highest BCUT2D eigenvalue weighted by atomic mass is 19.4. The minimum atomic E-state index is -4.71. The number of ether oxygens (including phenoxy) is 2. The number of aromatic nitrogens is 1. The minimum Gasteiger partial charge on any atom is -0.406 e. The standard InChI is InChI=1S/C18H14F3NO2/c19-18(20,21)24-11-7-8-15-14(10-11)12-4-1-2-5-13(12)17(22-15)16-6-3-9-23-16/h1-2,4-5,7-8,10,16H,3,6,9H2. The van der Waals surface area contributed by atoms with Crippen molar-refractivity contribution in [3.05, 3.63) is 48.2 Å². The molecule has 3 nitrogen and oxygen atoms in total. The van der Waals surface area contributed by atoms with Gasteiger partial charge in [-0.1, -0.05) is 24.3 Å². The van der Waals surface area contributed by atoms with Crippen LogP contribution in [0.1, 0.15) is 24.6 Å². The van der Waals surface area contributed by atoms with E-state index in [9.17, 15) is 13.2 Å². The summed E-state index contributed by atoms with van der Waals surface area (Å²) in [5.74, 6) is -0.244. The van der Waals surface area contributed by atoms with Crippen molar-refractivity contribution >= 4 is 21.7 Å². The topological polar surface area (TPSA) is 31.4 Å². The van der Waals surface area contributed by atoms with Crippen molar-refractivity contribution in [3.8, 4) is 5.75 Å². The molecule has 24 heavy (non-hydrogen) atoms. The van der Waals surface area contributed by atoms with Crippen LogP contribution in [0.15, 0.2) is 42.5 Å². The lowest BCUT2D eigenvalue weighted by Crippen LogP contribution is -2.17. The van der Waals surface area contributed by atoms with Crippen LogP contribution in [-0.2, 0) is 4.74 Å². The fourth-order valence-corrected chi connectivity index (χ4v) is 3.20. The van der Waals surface area contributed by atoms with Crippen molar-refractivity contribution in [2.75, 3.05) is 6.61 Å². The maximum Gasteiger partial charge on any atom is 0.573 e. The van der Waals surface area contributed by atoms with Crippen molar-refractivity contribution in [1.29, 1.82) is 0 Å². The number of hydrogen-bond donors (Lipinski definition) is 0. The molecule has 0 spiro atoms. The number of benzene rings is 2. The van der Waals surface area contributed by atoms with Crippen LogP contribution in [-0.4, -0.2) is 18.0 Å². The molecule has 1 atom stereocenters. The molecule has 6 heteroatoms. The normalized spacial score (nSPS) is 18.4. The number of alkyl halides is 3. The van der Waals surface area contributed by atoms with Crippen LogP contribution in [0.3, 0.4) is 0 Å². The fourth-order valence-electron chi connectivity index (χ4n) is 3.20. The van der Waals surface area contributed by atoms with Crippen molar-refractivity contribution in [2.45, 2.75) is 25.3 Å². The minimum absolute atomic E-state index is 0.0644. The van der Waals surface area contributed by atoms with Crippen molar-refractivity contribution < 1.29 is 22.6 Å². The molecule has 1 aliphatic rings. The van der Waals surface area contributed by atoms with Gasteiger partial charge in [0.15, 0.2) is 0 Å². The third kappa shape index (κ3) is 2.78. The maximum atomic E-state index is 12.5. The lowest BCUT2D eigenvalue weighted by atomic mass is 10.0. The Morgan fingerprint density at radius 3 is 2.54 bits per heavy atom. The Kier molecular flexibility index (Phi) is 3.57. The van der Waals surface area contributed by atoms with Crippen LogP contribution in [0.5, 0.6) is 5.75 Å². The van der Waals surface area contributed by atoms with Gasteiger partial charge in [0, 0.05) is 17.4 Å². The molecule has 2 aromatic carbocycles. The fraction of sp³-hybridized carbons (Fsp3) is 0.278. The summed E-state index contributed by atoms with van der Waals surface area (Å²) >= 11 is 0. The van der Waals surface area contributed by atoms with Crippen LogP contribution in [0.25, 0.3) is 21.7 Å². The van der Waals surface area contributed by atoms with Crippen molar-refractivity contribution in [3.63, 3.8) is 0 Å². The molecule has 0 saturated carbocycles. The van der Waals surface area contributed by atoms with E-state index in [0.717, 1.165) is 29.3 Å². The van der Waals surface area contributed by atoms with Gasteiger partial charge in [0.1, 0.15) is 11.9 Å². The van der Waals surface area contributed by atoms with E-state index in [0.29, 0.717) is 17.5 Å². The average molecular weight is 333 g/mol. The molecule has 1 aliphatic heterocycles. The highest BCUT2D eigenvalue weighted by molar-refractivity contribution is 6.07. The monoisotopic (exact) mass is 333 g/mol. The molecule has 0 bridgehead atoms. The Morgan fingerprint density at radius 2 is 1.83 bits per heavy atom. The van der Waals surface area contributed by atoms with Crippen LogP contribution in [0.4, 0.5) is 13.2 Å². The van der Waals surface area contributed by atoms with Gasteiger partial charge in [-0.25, -0.2) is 4.98 Å². The summed E-state index contributed by atoms with van der Waals surface area (Å²) in [6.45, 7) is 0.705. The maximum absolute atomic E-state index is 12.5. The second kappa shape index (κ2) is 5.63. The van der Waals surface area contributed by atoms with E-state index >= 15 is 0 Å². The Labute approximate surface area is 136 Å². The summed E-state index contributed by atoms with van der Waals surface area (Å²) in [6.07, 6.45) is -2.89. The van der Waals surface area contributed by atoms with Gasteiger partial charge in [-0.05, 0) is 36.4 Å². The summed E-state index contributed by atoms with van der Waals surface area (Å²) in [4.78, 5) is 4.66. The Bertz CT molecular complexity index is 902. The third-order valence-corrected chi connectivity index (χ3v) is 4.17. The van der Waals surface area contributed by atoms with Crippen LogP contribution in [0, 0.1) is 0 Å². The third-order valence-electron chi connectivity index (χ3n) is 4.17. The van der Waals surface area contributed by atoms with E-state index in [4.69, 9.17) is 4.74 Å². The molecule has 1 aromatic heterocycles. The molecular formula is C18H14F3NO2. The lowest BCUT2D eigenvalue weighted by molar-refractivity contribution is -0.274. The number of rotatable bonds is 2. The molecule has 3 aromatic rings. The number of hydrogen-bond acceptors (Lipinski definition) is 3. The SMILES string of the molecule is FC(F)(F)Oc1ccc2nc(C3CCCO3)c3ccccc3c2c1. The summed E-state index contributed by atoms with van der Waals surface area (Å²) < 4.78 is 47.2. The second-order valence-electron chi connectivity index (χ2n) is 5.77. The first-order valence-electron chi connectivity index (χ1n) is 7.71. The Hall–Kier alpha value is -2.34. The van der Waals surface area contributed by atoms with E-state index in [-0.39, 0.29) is 11.9 Å². The van der Waals surface area contributed by atoms with Gasteiger partial charge >= 0.3 is 6.36 Å². The Morgan fingerprint density at radius 1 is 1.04 bits per heavy atom. The molecule has 124 valence electrons. The second-order valence-corrected chi connectivity index (χ2v) is 5.77.